The van der Waals surface area contributed by atoms with E-state index < -0.39 is 9.84 Å². The van der Waals surface area contributed by atoms with E-state index >= 15 is 0 Å². The summed E-state index contributed by atoms with van der Waals surface area (Å²) in [6.07, 6.45) is 0. The Morgan fingerprint density at radius 1 is 0.886 bits per heavy atom. The number of sulfone groups is 1. The number of hydrogen-bond acceptors (Lipinski definition) is 6. The zero-order valence-electron chi connectivity index (χ0n) is 18.7. The molecule has 0 atom stereocenters. The number of rotatable bonds is 5. The maximum atomic E-state index is 13.5. The molecule has 8 heteroatoms. The molecule has 0 aliphatic carbocycles. The van der Waals surface area contributed by atoms with Crippen molar-refractivity contribution in [3.8, 4) is 11.1 Å². The van der Waals surface area contributed by atoms with Crippen molar-refractivity contribution >= 4 is 48.7 Å². The predicted octanol–water partition coefficient (Wildman–Crippen LogP) is 5.94. The van der Waals surface area contributed by atoms with E-state index in [0.29, 0.717) is 32.7 Å². The second-order valence-corrected chi connectivity index (χ2v) is 11.1. The van der Waals surface area contributed by atoms with Gasteiger partial charge < -0.3 is 11.1 Å². The molecule has 5 aromatic rings. The van der Waals surface area contributed by atoms with Crippen molar-refractivity contribution in [3.63, 3.8) is 0 Å². The van der Waals surface area contributed by atoms with Gasteiger partial charge in [0.2, 0.25) is 9.84 Å². The molecule has 0 radical (unpaired) electrons. The summed E-state index contributed by atoms with van der Waals surface area (Å²) in [6, 6.07) is 26.6. The molecule has 0 unspecified atom stereocenters. The number of nitrogens with one attached hydrogen (secondary N) is 1. The van der Waals surface area contributed by atoms with E-state index in [2.05, 4.69) is 10.3 Å². The summed E-state index contributed by atoms with van der Waals surface area (Å²) in [5.41, 5.74) is 9.40. The number of carbonyl (C=O) groups excluding carboxylic acids is 1. The highest BCUT2D eigenvalue weighted by molar-refractivity contribution is 7.93. The topological polar surface area (TPSA) is 102 Å². The van der Waals surface area contributed by atoms with Crippen molar-refractivity contribution < 1.29 is 13.2 Å². The Kier molecular flexibility index (Phi) is 5.84. The lowest BCUT2D eigenvalue weighted by Crippen LogP contribution is -2.16. The van der Waals surface area contributed by atoms with Gasteiger partial charge >= 0.3 is 0 Å². The third kappa shape index (κ3) is 4.07. The van der Waals surface area contributed by atoms with Crippen molar-refractivity contribution in [1.29, 1.82) is 0 Å². The number of carbonyl (C=O) groups is 1. The van der Waals surface area contributed by atoms with Gasteiger partial charge in [-0.1, -0.05) is 66.7 Å². The molecule has 35 heavy (non-hydrogen) atoms. The Morgan fingerprint density at radius 3 is 2.09 bits per heavy atom. The predicted molar refractivity (Wildman–Crippen MR) is 140 cm³/mol. The lowest BCUT2D eigenvalue weighted by Gasteiger charge is -2.15. The first-order chi connectivity index (χ1) is 16.9. The van der Waals surface area contributed by atoms with Crippen LogP contribution in [0.4, 0.5) is 11.4 Å². The smallest absolute Gasteiger partial charge is 0.258 e. The zero-order valence-corrected chi connectivity index (χ0v) is 20.4. The van der Waals surface area contributed by atoms with Crippen molar-refractivity contribution in [2.45, 2.75) is 16.0 Å². The number of para-hydroxylation sites is 1. The maximum Gasteiger partial charge on any atom is 0.258 e. The molecular weight excluding hydrogens is 478 g/mol. The van der Waals surface area contributed by atoms with E-state index in [1.807, 2.05) is 48.5 Å². The molecule has 0 saturated heterocycles. The van der Waals surface area contributed by atoms with E-state index in [4.69, 9.17) is 5.73 Å². The summed E-state index contributed by atoms with van der Waals surface area (Å²) in [4.78, 5) is 18.7. The number of nitrogens with zero attached hydrogens (tertiary/aromatic N) is 1. The van der Waals surface area contributed by atoms with Gasteiger partial charge in [-0.05, 0) is 36.8 Å². The van der Waals surface area contributed by atoms with Crippen LogP contribution in [-0.2, 0) is 9.84 Å². The van der Waals surface area contributed by atoms with Crippen LogP contribution in [0.15, 0.2) is 100 Å². The van der Waals surface area contributed by atoms with E-state index in [1.54, 1.807) is 37.3 Å². The van der Waals surface area contributed by atoms with E-state index in [1.165, 1.54) is 12.1 Å². The summed E-state index contributed by atoms with van der Waals surface area (Å²) in [5.74, 6) is -0.347. The second kappa shape index (κ2) is 8.98. The number of pyridine rings is 1. The number of amides is 1. The van der Waals surface area contributed by atoms with Crippen LogP contribution in [0.2, 0.25) is 0 Å². The Hall–Kier alpha value is -4.01. The number of thiophene rings is 1. The Morgan fingerprint density at radius 2 is 1.46 bits per heavy atom. The average molecular weight is 500 g/mol. The fourth-order valence-electron chi connectivity index (χ4n) is 4.04. The summed E-state index contributed by atoms with van der Waals surface area (Å²) in [6.45, 7) is 1.74. The highest BCUT2D eigenvalue weighted by Gasteiger charge is 2.30. The van der Waals surface area contributed by atoms with Crippen LogP contribution < -0.4 is 11.1 Å². The standard InChI is InChI=1S/C27H21N3O3S2/c1-17-21(25(31)30-19-13-7-3-8-14-19)22(18-11-5-2-6-12-18)23-24(28)27(34-26(23)29-17)35(32,33)20-15-9-4-10-16-20/h2-16H,28H2,1H3,(H,30,31). The quantitative estimate of drug-likeness (QED) is 0.312. The SMILES string of the molecule is Cc1nc2sc(S(=O)(=O)c3ccccc3)c(N)c2c(-c2ccccc2)c1C(=O)Nc1ccccc1. The number of aromatic nitrogens is 1. The molecule has 1 amide bonds. The zero-order chi connectivity index (χ0) is 24.6. The highest BCUT2D eigenvalue weighted by atomic mass is 32.2. The maximum absolute atomic E-state index is 13.5. The summed E-state index contributed by atoms with van der Waals surface area (Å²) in [5, 5.41) is 3.38. The molecule has 6 nitrogen and oxygen atoms in total. The van der Waals surface area contributed by atoms with Crippen LogP contribution in [0.3, 0.4) is 0 Å². The first kappa shape index (κ1) is 22.8. The fourth-order valence-corrected chi connectivity index (χ4v) is 7.01. The van der Waals surface area contributed by atoms with Crippen LogP contribution in [0, 0.1) is 6.92 Å². The number of aryl methyl sites for hydroxylation is 1. The minimum Gasteiger partial charge on any atom is -0.396 e. The van der Waals surface area contributed by atoms with Crippen LogP contribution in [0.1, 0.15) is 16.1 Å². The van der Waals surface area contributed by atoms with Crippen molar-refractivity contribution in [1.82, 2.24) is 4.98 Å². The van der Waals surface area contributed by atoms with Crippen molar-refractivity contribution in [3.05, 3.63) is 102 Å². The molecule has 0 aliphatic heterocycles. The second-order valence-electron chi connectivity index (χ2n) is 7.93. The van der Waals surface area contributed by atoms with Gasteiger partial charge in [-0.3, -0.25) is 4.79 Å². The Balaban J connectivity index is 1.78. The summed E-state index contributed by atoms with van der Waals surface area (Å²) >= 11 is 1.02. The molecule has 3 aromatic carbocycles. The largest absolute Gasteiger partial charge is 0.396 e. The Bertz CT molecular complexity index is 1650. The van der Waals surface area contributed by atoms with Gasteiger partial charge in [-0.15, -0.1) is 11.3 Å². The minimum absolute atomic E-state index is 0.0170. The van der Waals surface area contributed by atoms with Gasteiger partial charge in [0.15, 0.2) is 0 Å². The summed E-state index contributed by atoms with van der Waals surface area (Å²) in [7, 11) is -3.87. The number of anilines is 2. The molecule has 0 bridgehead atoms. The molecule has 0 aliphatic rings. The number of nitrogen functional groups attached to an aromatic ring is 1. The van der Waals surface area contributed by atoms with Gasteiger partial charge in [0, 0.05) is 16.6 Å². The molecule has 3 N–H and O–H groups in total. The van der Waals surface area contributed by atoms with Gasteiger partial charge in [0.1, 0.15) is 9.04 Å². The fraction of sp³-hybridized carbons (Fsp3) is 0.0370. The van der Waals surface area contributed by atoms with Gasteiger partial charge in [-0.2, -0.15) is 0 Å². The van der Waals surface area contributed by atoms with Gasteiger partial charge in [0.05, 0.1) is 21.8 Å². The van der Waals surface area contributed by atoms with Crippen LogP contribution in [-0.4, -0.2) is 19.3 Å². The van der Waals surface area contributed by atoms with Crippen molar-refractivity contribution in [2.24, 2.45) is 0 Å². The highest BCUT2D eigenvalue weighted by Crippen LogP contribution is 2.45. The number of benzene rings is 3. The lowest BCUT2D eigenvalue weighted by molar-refractivity contribution is 0.102. The number of hydrogen-bond donors (Lipinski definition) is 2. The third-order valence-electron chi connectivity index (χ3n) is 5.64. The van der Waals surface area contributed by atoms with Gasteiger partial charge in [-0.25, -0.2) is 13.4 Å². The first-order valence-corrected chi connectivity index (χ1v) is 13.1. The lowest BCUT2D eigenvalue weighted by atomic mass is 9.95. The van der Waals surface area contributed by atoms with Crippen LogP contribution in [0.5, 0.6) is 0 Å². The molecule has 2 aromatic heterocycles. The first-order valence-electron chi connectivity index (χ1n) is 10.8. The molecule has 0 spiro atoms. The van der Waals surface area contributed by atoms with E-state index in [0.717, 1.165) is 16.9 Å². The molecule has 2 heterocycles. The van der Waals surface area contributed by atoms with Crippen LogP contribution >= 0.6 is 11.3 Å². The van der Waals surface area contributed by atoms with E-state index in [9.17, 15) is 13.2 Å². The minimum atomic E-state index is -3.87. The van der Waals surface area contributed by atoms with E-state index in [-0.39, 0.29) is 20.7 Å². The average Bonchev–Trinajstić information content (AvgIpc) is 3.21. The third-order valence-corrected chi connectivity index (χ3v) is 9.05. The monoisotopic (exact) mass is 499 g/mol. The normalized spacial score (nSPS) is 11.5. The van der Waals surface area contributed by atoms with Crippen LogP contribution in [0.25, 0.3) is 21.3 Å². The summed E-state index contributed by atoms with van der Waals surface area (Å²) < 4.78 is 26.9. The van der Waals surface area contributed by atoms with Crippen molar-refractivity contribution in [2.75, 3.05) is 11.1 Å². The molecule has 0 fully saturated rings. The van der Waals surface area contributed by atoms with Gasteiger partial charge in [0.25, 0.3) is 5.91 Å². The Labute approximate surface area is 207 Å². The molecule has 0 saturated carbocycles. The number of nitrogens with two attached hydrogens (primary N) is 1. The molecule has 174 valence electrons. The molecule has 5 rings (SSSR count). The number of fused-ring (bicyclic) bond motifs is 1. The molecular formula is C27H21N3O3S2.